The van der Waals surface area contributed by atoms with Gasteiger partial charge < -0.3 is 10.1 Å². The Bertz CT molecular complexity index is 633. The predicted molar refractivity (Wildman–Crippen MR) is 86.4 cm³/mol. The summed E-state index contributed by atoms with van der Waals surface area (Å²) in [5, 5.41) is 11.9. The van der Waals surface area contributed by atoms with Crippen LogP contribution in [0.4, 0.5) is 4.79 Å². The minimum atomic E-state index is -0.867. The van der Waals surface area contributed by atoms with E-state index in [4.69, 9.17) is 4.74 Å². The summed E-state index contributed by atoms with van der Waals surface area (Å²) in [5.74, 6) is 0.0300. The first-order valence-electron chi connectivity index (χ1n) is 8.38. The van der Waals surface area contributed by atoms with Crippen molar-refractivity contribution in [3.8, 4) is 6.19 Å². The van der Waals surface area contributed by atoms with Gasteiger partial charge in [0.1, 0.15) is 0 Å². The number of nitrogens with one attached hydrogen (secondary N) is 1. The molecule has 1 N–H and O–H groups in total. The van der Waals surface area contributed by atoms with Crippen LogP contribution < -0.4 is 5.32 Å². The molecule has 24 heavy (non-hydrogen) atoms. The first-order valence-corrected chi connectivity index (χ1v) is 8.38. The third-order valence-corrected chi connectivity index (χ3v) is 4.31. The average molecular weight is 327 g/mol. The second kappa shape index (κ2) is 7.35. The van der Waals surface area contributed by atoms with Gasteiger partial charge >= 0.3 is 6.09 Å². The number of benzene rings is 1. The molecule has 1 atom stereocenters. The van der Waals surface area contributed by atoms with Crippen LogP contribution in [0.3, 0.4) is 0 Å². The highest BCUT2D eigenvalue weighted by Gasteiger charge is 2.40. The van der Waals surface area contributed by atoms with E-state index >= 15 is 0 Å². The Morgan fingerprint density at radius 3 is 2.54 bits per heavy atom. The number of carbonyl (C=O) groups is 2. The van der Waals surface area contributed by atoms with E-state index in [1.807, 2.05) is 36.5 Å². The van der Waals surface area contributed by atoms with Crippen molar-refractivity contribution >= 4 is 12.0 Å². The lowest BCUT2D eigenvalue weighted by Gasteiger charge is -2.21. The second-order valence-electron chi connectivity index (χ2n) is 6.45. The summed E-state index contributed by atoms with van der Waals surface area (Å²) in [7, 11) is 0. The summed E-state index contributed by atoms with van der Waals surface area (Å²) in [4.78, 5) is 25.7. The van der Waals surface area contributed by atoms with Gasteiger partial charge in [0.25, 0.3) is 5.91 Å². The summed E-state index contributed by atoms with van der Waals surface area (Å²) in [6, 6.07) is 9.47. The molecule has 2 fully saturated rings. The standard InChI is InChI=1S/C18H21N3O3/c19-12-21(15-8-9-15)17(22)16(10-13-6-7-13)24-18(23)20-11-14-4-2-1-3-5-14/h1-5,13,15-16H,6-11H2,(H,20,23). The fraction of sp³-hybridized carbons (Fsp3) is 0.500. The highest BCUT2D eigenvalue weighted by atomic mass is 16.6. The number of hydrogen-bond donors (Lipinski definition) is 1. The highest BCUT2D eigenvalue weighted by molar-refractivity contribution is 5.85. The highest BCUT2D eigenvalue weighted by Crippen LogP contribution is 2.35. The van der Waals surface area contributed by atoms with Crippen LogP contribution in [0.2, 0.25) is 0 Å². The molecular formula is C18H21N3O3. The molecule has 1 unspecified atom stereocenters. The van der Waals surface area contributed by atoms with E-state index in [2.05, 4.69) is 5.32 Å². The van der Waals surface area contributed by atoms with Gasteiger partial charge in [0.05, 0.1) is 0 Å². The number of rotatable bonds is 7. The lowest BCUT2D eigenvalue weighted by atomic mass is 10.1. The molecular weight excluding hydrogens is 306 g/mol. The van der Waals surface area contributed by atoms with E-state index in [1.54, 1.807) is 0 Å². The van der Waals surface area contributed by atoms with Gasteiger partial charge in [0.2, 0.25) is 0 Å². The van der Waals surface area contributed by atoms with Gasteiger partial charge in [-0.25, -0.2) is 9.69 Å². The van der Waals surface area contributed by atoms with Gasteiger partial charge in [-0.15, -0.1) is 0 Å². The minimum Gasteiger partial charge on any atom is -0.436 e. The molecule has 0 radical (unpaired) electrons. The third-order valence-electron chi connectivity index (χ3n) is 4.31. The molecule has 6 heteroatoms. The van der Waals surface area contributed by atoms with Crippen molar-refractivity contribution in [1.82, 2.24) is 10.2 Å². The Hall–Kier alpha value is -2.55. The number of hydrogen-bond acceptors (Lipinski definition) is 4. The van der Waals surface area contributed by atoms with Gasteiger partial charge in [-0.05, 0) is 30.7 Å². The molecule has 0 spiro atoms. The molecule has 2 saturated carbocycles. The molecule has 0 aliphatic heterocycles. The summed E-state index contributed by atoms with van der Waals surface area (Å²) < 4.78 is 5.35. The summed E-state index contributed by atoms with van der Waals surface area (Å²) in [5.41, 5.74) is 0.955. The maximum Gasteiger partial charge on any atom is 0.408 e. The smallest absolute Gasteiger partial charge is 0.408 e. The Labute approximate surface area is 141 Å². The number of ether oxygens (including phenoxy) is 1. The lowest BCUT2D eigenvalue weighted by Crippen LogP contribution is -2.42. The molecule has 3 rings (SSSR count). The Morgan fingerprint density at radius 1 is 1.25 bits per heavy atom. The van der Waals surface area contributed by atoms with Crippen molar-refractivity contribution in [2.75, 3.05) is 0 Å². The van der Waals surface area contributed by atoms with Crippen LogP contribution >= 0.6 is 0 Å². The van der Waals surface area contributed by atoms with Crippen LogP contribution in [-0.2, 0) is 16.1 Å². The summed E-state index contributed by atoms with van der Waals surface area (Å²) in [6.45, 7) is 0.342. The fourth-order valence-electron chi connectivity index (χ4n) is 2.60. The second-order valence-corrected chi connectivity index (χ2v) is 6.45. The largest absolute Gasteiger partial charge is 0.436 e. The molecule has 1 aromatic rings. The molecule has 2 aliphatic rings. The number of alkyl carbamates (subject to hydrolysis) is 1. The van der Waals surface area contributed by atoms with E-state index in [9.17, 15) is 14.9 Å². The maximum absolute atomic E-state index is 12.5. The zero-order valence-corrected chi connectivity index (χ0v) is 13.5. The normalized spacial score (nSPS) is 17.5. The van der Waals surface area contributed by atoms with E-state index in [1.165, 1.54) is 4.90 Å². The summed E-state index contributed by atoms with van der Waals surface area (Å²) >= 11 is 0. The fourth-order valence-corrected chi connectivity index (χ4v) is 2.60. The van der Waals surface area contributed by atoms with Crippen LogP contribution in [0.25, 0.3) is 0 Å². The van der Waals surface area contributed by atoms with Gasteiger partial charge in [-0.3, -0.25) is 4.79 Å². The molecule has 0 heterocycles. The van der Waals surface area contributed by atoms with E-state index in [0.717, 1.165) is 31.2 Å². The summed E-state index contributed by atoms with van der Waals surface area (Å²) in [6.07, 6.45) is 4.74. The van der Waals surface area contributed by atoms with Crippen molar-refractivity contribution in [2.24, 2.45) is 5.92 Å². The molecule has 0 bridgehead atoms. The van der Waals surface area contributed by atoms with Crippen LogP contribution in [0.1, 0.15) is 37.7 Å². The first-order chi connectivity index (χ1) is 11.7. The van der Waals surface area contributed by atoms with Crippen molar-refractivity contribution in [1.29, 1.82) is 5.26 Å². The lowest BCUT2D eigenvalue weighted by molar-refractivity contribution is -0.138. The number of nitrogens with zero attached hydrogens (tertiary/aromatic N) is 2. The van der Waals surface area contributed by atoms with Crippen molar-refractivity contribution in [3.05, 3.63) is 35.9 Å². The van der Waals surface area contributed by atoms with Crippen LogP contribution in [0.15, 0.2) is 30.3 Å². The van der Waals surface area contributed by atoms with E-state index in [-0.39, 0.29) is 11.9 Å². The predicted octanol–water partition coefficient (Wildman–Crippen LogP) is 2.55. The van der Waals surface area contributed by atoms with Crippen LogP contribution in [0.5, 0.6) is 0 Å². The Balaban J connectivity index is 1.55. The van der Waals surface area contributed by atoms with Crippen molar-refractivity contribution in [3.63, 3.8) is 0 Å². The SMILES string of the molecule is N#CN(C(=O)C(CC1CC1)OC(=O)NCc1ccccc1)C1CC1. The molecule has 6 nitrogen and oxygen atoms in total. The van der Waals surface area contributed by atoms with E-state index < -0.39 is 12.2 Å². The minimum absolute atomic E-state index is 0.0137. The molecule has 126 valence electrons. The maximum atomic E-state index is 12.5. The number of amides is 2. The molecule has 1 aromatic carbocycles. The monoisotopic (exact) mass is 327 g/mol. The van der Waals surface area contributed by atoms with Gasteiger partial charge in [-0.2, -0.15) is 5.26 Å². The third kappa shape index (κ3) is 4.48. The van der Waals surface area contributed by atoms with Gasteiger partial charge in [-0.1, -0.05) is 43.2 Å². The average Bonchev–Trinajstić information content (AvgIpc) is 3.48. The van der Waals surface area contributed by atoms with E-state index in [0.29, 0.717) is 18.9 Å². The van der Waals surface area contributed by atoms with Gasteiger partial charge in [0, 0.05) is 12.6 Å². The number of carbonyl (C=O) groups excluding carboxylic acids is 2. The topological polar surface area (TPSA) is 82.4 Å². The first kappa shape index (κ1) is 16.3. The molecule has 2 amide bonds. The molecule has 0 aromatic heterocycles. The zero-order valence-electron chi connectivity index (χ0n) is 13.5. The van der Waals surface area contributed by atoms with Crippen LogP contribution in [0, 0.1) is 17.4 Å². The van der Waals surface area contributed by atoms with Crippen molar-refractivity contribution < 1.29 is 14.3 Å². The van der Waals surface area contributed by atoms with Gasteiger partial charge in [0.15, 0.2) is 12.3 Å². The quantitative estimate of drug-likeness (QED) is 0.616. The number of nitriles is 1. The zero-order chi connectivity index (χ0) is 16.9. The molecule has 0 saturated heterocycles. The molecule has 2 aliphatic carbocycles. The van der Waals surface area contributed by atoms with Crippen molar-refractivity contribution in [2.45, 2.75) is 50.8 Å². The van der Waals surface area contributed by atoms with Crippen LogP contribution in [-0.4, -0.2) is 29.0 Å². The Kier molecular flexibility index (Phi) is 4.99. The Morgan fingerprint density at radius 2 is 1.96 bits per heavy atom.